The SMILES string of the molecule is CCN(CC)C(=O)CN(C)c1nc(NN)nc2sccc12. The number of rotatable bonds is 6. The Morgan fingerprint density at radius 2 is 2.10 bits per heavy atom. The Labute approximate surface area is 127 Å². The highest BCUT2D eigenvalue weighted by Crippen LogP contribution is 2.28. The standard InChI is InChI=1S/C13H20N6OS/c1-4-19(5-2)10(20)8-18(3)11-9-6-7-21-12(9)16-13(15-11)17-14/h6-7H,4-5,8,14H2,1-3H3,(H,15,16,17). The number of nitrogens with zero attached hydrogens (tertiary/aromatic N) is 4. The minimum absolute atomic E-state index is 0.0757. The molecule has 21 heavy (non-hydrogen) atoms. The van der Waals surface area contributed by atoms with Crippen LogP contribution in [0, 0.1) is 0 Å². The fourth-order valence-electron chi connectivity index (χ4n) is 2.15. The van der Waals surface area contributed by atoms with Gasteiger partial charge in [-0.3, -0.25) is 10.2 Å². The maximum absolute atomic E-state index is 12.2. The number of carbonyl (C=O) groups is 1. The fourth-order valence-corrected chi connectivity index (χ4v) is 2.91. The molecule has 114 valence electrons. The van der Waals surface area contributed by atoms with Crippen LogP contribution in [0.3, 0.4) is 0 Å². The summed E-state index contributed by atoms with van der Waals surface area (Å²) >= 11 is 1.51. The van der Waals surface area contributed by atoms with E-state index in [0.717, 1.165) is 10.2 Å². The molecule has 0 bridgehead atoms. The first kappa shape index (κ1) is 15.5. The Morgan fingerprint density at radius 3 is 2.71 bits per heavy atom. The van der Waals surface area contributed by atoms with E-state index in [1.807, 2.05) is 37.2 Å². The summed E-state index contributed by atoms with van der Waals surface area (Å²) in [5, 5.41) is 2.87. The number of hydrazine groups is 1. The fraction of sp³-hybridized carbons (Fsp3) is 0.462. The first-order valence-corrected chi connectivity index (χ1v) is 7.69. The van der Waals surface area contributed by atoms with Gasteiger partial charge in [-0.25, -0.2) is 10.8 Å². The molecule has 8 heteroatoms. The van der Waals surface area contributed by atoms with Crippen molar-refractivity contribution in [2.24, 2.45) is 5.84 Å². The van der Waals surface area contributed by atoms with E-state index in [1.165, 1.54) is 11.3 Å². The van der Waals surface area contributed by atoms with Gasteiger partial charge in [0.25, 0.3) is 0 Å². The molecule has 0 aliphatic carbocycles. The zero-order valence-electron chi connectivity index (χ0n) is 12.5. The topological polar surface area (TPSA) is 87.4 Å². The number of likely N-dealkylation sites (N-methyl/N-ethyl adjacent to an activating group) is 2. The number of amides is 1. The number of nitrogens with one attached hydrogen (secondary N) is 1. The van der Waals surface area contributed by atoms with E-state index in [0.29, 0.717) is 24.9 Å². The highest BCUT2D eigenvalue weighted by atomic mass is 32.1. The maximum atomic E-state index is 12.2. The molecule has 0 aromatic carbocycles. The van der Waals surface area contributed by atoms with Crippen molar-refractivity contribution in [1.82, 2.24) is 14.9 Å². The molecule has 0 unspecified atom stereocenters. The first-order valence-electron chi connectivity index (χ1n) is 6.81. The minimum atomic E-state index is 0.0757. The number of nitrogens with two attached hydrogens (primary N) is 1. The van der Waals surface area contributed by atoms with E-state index in [9.17, 15) is 4.79 Å². The Balaban J connectivity index is 2.28. The van der Waals surface area contributed by atoms with Crippen molar-refractivity contribution < 1.29 is 4.79 Å². The van der Waals surface area contributed by atoms with E-state index in [1.54, 1.807) is 4.90 Å². The number of fused-ring (bicyclic) bond motifs is 1. The summed E-state index contributed by atoms with van der Waals surface area (Å²) in [5.74, 6) is 6.54. The molecule has 0 saturated heterocycles. The van der Waals surface area contributed by atoms with Crippen molar-refractivity contribution in [2.45, 2.75) is 13.8 Å². The number of hydrogen-bond acceptors (Lipinski definition) is 7. The van der Waals surface area contributed by atoms with Crippen LogP contribution in [-0.4, -0.2) is 47.5 Å². The molecular weight excluding hydrogens is 288 g/mol. The monoisotopic (exact) mass is 308 g/mol. The van der Waals surface area contributed by atoms with Crippen molar-refractivity contribution in [1.29, 1.82) is 0 Å². The molecule has 0 aliphatic heterocycles. The van der Waals surface area contributed by atoms with Gasteiger partial charge in [-0.2, -0.15) is 4.98 Å². The second-order valence-electron chi connectivity index (χ2n) is 4.58. The molecule has 0 radical (unpaired) electrons. The lowest BCUT2D eigenvalue weighted by atomic mass is 10.3. The third kappa shape index (κ3) is 3.22. The third-order valence-electron chi connectivity index (χ3n) is 3.28. The molecule has 1 amide bonds. The normalized spacial score (nSPS) is 10.7. The highest BCUT2D eigenvalue weighted by Gasteiger charge is 2.17. The molecule has 3 N–H and O–H groups in total. The number of nitrogen functional groups attached to an aromatic ring is 1. The second-order valence-corrected chi connectivity index (χ2v) is 5.47. The Kier molecular flexibility index (Phi) is 4.92. The summed E-state index contributed by atoms with van der Waals surface area (Å²) in [5.41, 5.74) is 2.47. The lowest BCUT2D eigenvalue weighted by molar-refractivity contribution is -0.129. The van der Waals surface area contributed by atoms with Crippen LogP contribution >= 0.6 is 11.3 Å². The van der Waals surface area contributed by atoms with Crippen LogP contribution < -0.4 is 16.2 Å². The number of aromatic nitrogens is 2. The summed E-state index contributed by atoms with van der Waals surface area (Å²) < 4.78 is 0. The van der Waals surface area contributed by atoms with Gasteiger partial charge < -0.3 is 9.80 Å². The van der Waals surface area contributed by atoms with Gasteiger partial charge in [0, 0.05) is 20.1 Å². The number of carbonyl (C=O) groups excluding carboxylic acids is 1. The summed E-state index contributed by atoms with van der Waals surface area (Å²) in [7, 11) is 1.85. The first-order chi connectivity index (χ1) is 10.1. The van der Waals surface area contributed by atoms with Gasteiger partial charge in [-0.15, -0.1) is 11.3 Å². The quantitative estimate of drug-likeness (QED) is 0.617. The molecule has 0 spiro atoms. The second kappa shape index (κ2) is 6.68. The Morgan fingerprint density at radius 1 is 1.38 bits per heavy atom. The van der Waals surface area contributed by atoms with E-state index >= 15 is 0 Å². The van der Waals surface area contributed by atoms with E-state index in [-0.39, 0.29) is 12.5 Å². The van der Waals surface area contributed by atoms with Crippen molar-refractivity contribution >= 4 is 39.2 Å². The van der Waals surface area contributed by atoms with Crippen LogP contribution in [0.15, 0.2) is 11.4 Å². The van der Waals surface area contributed by atoms with Crippen LogP contribution in [0.4, 0.5) is 11.8 Å². The third-order valence-corrected chi connectivity index (χ3v) is 4.09. The van der Waals surface area contributed by atoms with Crippen LogP contribution in [0.5, 0.6) is 0 Å². The van der Waals surface area contributed by atoms with Crippen molar-refractivity contribution in [2.75, 3.05) is 37.0 Å². The molecule has 0 saturated carbocycles. The largest absolute Gasteiger partial charge is 0.350 e. The molecule has 0 aliphatic rings. The zero-order valence-corrected chi connectivity index (χ0v) is 13.3. The maximum Gasteiger partial charge on any atom is 0.242 e. The van der Waals surface area contributed by atoms with Crippen LogP contribution in [0.1, 0.15) is 13.8 Å². The lowest BCUT2D eigenvalue weighted by Crippen LogP contribution is -2.39. The number of anilines is 2. The molecule has 7 nitrogen and oxygen atoms in total. The zero-order chi connectivity index (χ0) is 15.4. The molecule has 0 atom stereocenters. The highest BCUT2D eigenvalue weighted by molar-refractivity contribution is 7.16. The van der Waals surface area contributed by atoms with Crippen molar-refractivity contribution in [3.8, 4) is 0 Å². The van der Waals surface area contributed by atoms with E-state index in [4.69, 9.17) is 5.84 Å². The van der Waals surface area contributed by atoms with Gasteiger partial charge in [0.2, 0.25) is 11.9 Å². The number of thiophene rings is 1. The smallest absolute Gasteiger partial charge is 0.242 e. The average molecular weight is 308 g/mol. The van der Waals surface area contributed by atoms with E-state index in [2.05, 4.69) is 15.4 Å². The van der Waals surface area contributed by atoms with Crippen molar-refractivity contribution in [3.63, 3.8) is 0 Å². The molecule has 2 heterocycles. The predicted molar refractivity (Wildman–Crippen MR) is 86.4 cm³/mol. The van der Waals surface area contributed by atoms with Gasteiger partial charge in [-0.05, 0) is 25.3 Å². The van der Waals surface area contributed by atoms with E-state index < -0.39 is 0 Å². The van der Waals surface area contributed by atoms with Gasteiger partial charge in [0.15, 0.2) is 0 Å². The molecular formula is C13H20N6OS. The summed E-state index contributed by atoms with van der Waals surface area (Å²) in [4.78, 5) is 25.4. The van der Waals surface area contributed by atoms with Crippen LogP contribution in [0.25, 0.3) is 10.2 Å². The van der Waals surface area contributed by atoms with Gasteiger partial charge in [-0.1, -0.05) is 0 Å². The van der Waals surface area contributed by atoms with Crippen LogP contribution in [0.2, 0.25) is 0 Å². The lowest BCUT2D eigenvalue weighted by Gasteiger charge is -2.24. The minimum Gasteiger partial charge on any atom is -0.350 e. The molecule has 2 rings (SSSR count). The van der Waals surface area contributed by atoms with Crippen molar-refractivity contribution in [3.05, 3.63) is 11.4 Å². The van der Waals surface area contributed by atoms with Gasteiger partial charge >= 0.3 is 0 Å². The molecule has 2 aromatic heterocycles. The average Bonchev–Trinajstić information content (AvgIpc) is 2.95. The Bertz CT molecular complexity index is 624. The molecule has 0 fully saturated rings. The van der Waals surface area contributed by atoms with Gasteiger partial charge in [0.05, 0.1) is 11.9 Å². The summed E-state index contributed by atoms with van der Waals surface area (Å²) in [6.45, 7) is 5.62. The predicted octanol–water partition coefficient (Wildman–Crippen LogP) is 1.28. The Hall–Kier alpha value is -1.93. The van der Waals surface area contributed by atoms with Gasteiger partial charge in [0.1, 0.15) is 10.6 Å². The molecule has 2 aromatic rings. The summed E-state index contributed by atoms with van der Waals surface area (Å²) in [6, 6.07) is 1.95. The number of hydrogen-bond donors (Lipinski definition) is 2. The summed E-state index contributed by atoms with van der Waals surface area (Å²) in [6.07, 6.45) is 0. The van der Waals surface area contributed by atoms with Crippen LogP contribution in [-0.2, 0) is 4.79 Å².